The molecule has 2 aromatic heterocycles. The Morgan fingerprint density at radius 1 is 1.33 bits per heavy atom. The van der Waals surface area contributed by atoms with Gasteiger partial charge in [0.05, 0.1) is 0 Å². The predicted molar refractivity (Wildman–Crippen MR) is 81.7 cm³/mol. The highest BCUT2D eigenvalue weighted by Crippen LogP contribution is 2.27. The first-order chi connectivity index (χ1) is 10.3. The van der Waals surface area contributed by atoms with Gasteiger partial charge in [-0.2, -0.15) is 15.0 Å². The molecule has 3 rings (SSSR count). The van der Waals surface area contributed by atoms with Crippen molar-refractivity contribution in [3.8, 4) is 5.95 Å². The van der Waals surface area contributed by atoms with Gasteiger partial charge in [-0.3, -0.25) is 4.57 Å². The van der Waals surface area contributed by atoms with Gasteiger partial charge in [0, 0.05) is 32.5 Å². The summed E-state index contributed by atoms with van der Waals surface area (Å²) in [6.45, 7) is 3.80. The molecule has 1 aliphatic rings. The molecule has 1 N–H and O–H groups in total. The van der Waals surface area contributed by atoms with Crippen LogP contribution < -0.4 is 10.2 Å². The third-order valence-electron chi connectivity index (χ3n) is 3.78. The molecule has 0 radical (unpaired) electrons. The second kappa shape index (κ2) is 6.07. The fourth-order valence-corrected chi connectivity index (χ4v) is 2.40. The maximum absolute atomic E-state index is 4.56. The second-order valence-electron chi connectivity index (χ2n) is 5.44. The first kappa shape index (κ1) is 13.8. The van der Waals surface area contributed by atoms with E-state index in [2.05, 4.69) is 30.2 Å². The molecule has 7 nitrogen and oxygen atoms in total. The number of nitrogens with one attached hydrogen (secondary N) is 1. The number of nitrogens with zero attached hydrogens (tertiary/aromatic N) is 6. The van der Waals surface area contributed by atoms with E-state index in [4.69, 9.17) is 0 Å². The van der Waals surface area contributed by atoms with E-state index in [0.717, 1.165) is 19.0 Å². The molecule has 112 valence electrons. The Morgan fingerprint density at radius 2 is 2.19 bits per heavy atom. The minimum absolute atomic E-state index is 0.592. The van der Waals surface area contributed by atoms with Gasteiger partial charge in [-0.05, 0) is 25.7 Å². The van der Waals surface area contributed by atoms with Crippen molar-refractivity contribution in [2.45, 2.75) is 26.2 Å². The molecule has 21 heavy (non-hydrogen) atoms. The highest BCUT2D eigenvalue weighted by atomic mass is 15.3. The van der Waals surface area contributed by atoms with Crippen LogP contribution in [0.15, 0.2) is 18.7 Å². The zero-order valence-electron chi connectivity index (χ0n) is 12.5. The van der Waals surface area contributed by atoms with Crippen molar-refractivity contribution >= 4 is 11.9 Å². The molecule has 1 saturated carbocycles. The first-order valence-electron chi connectivity index (χ1n) is 7.45. The Hall–Kier alpha value is -2.18. The molecule has 0 amide bonds. The maximum Gasteiger partial charge on any atom is 0.241 e. The number of imidazole rings is 1. The van der Waals surface area contributed by atoms with Gasteiger partial charge in [0.1, 0.15) is 6.33 Å². The van der Waals surface area contributed by atoms with Crippen molar-refractivity contribution in [3.63, 3.8) is 0 Å². The first-order valence-corrected chi connectivity index (χ1v) is 7.45. The summed E-state index contributed by atoms with van der Waals surface area (Å²) in [5.74, 6) is 2.67. The number of aromatic nitrogens is 5. The zero-order valence-corrected chi connectivity index (χ0v) is 12.5. The molecule has 0 spiro atoms. The van der Waals surface area contributed by atoms with Gasteiger partial charge in [0.2, 0.25) is 17.8 Å². The van der Waals surface area contributed by atoms with Crippen LogP contribution in [0, 0.1) is 5.92 Å². The number of hydrogen-bond acceptors (Lipinski definition) is 6. The van der Waals surface area contributed by atoms with Crippen molar-refractivity contribution in [1.29, 1.82) is 0 Å². The fourth-order valence-electron chi connectivity index (χ4n) is 2.40. The molecule has 0 aliphatic heterocycles. The van der Waals surface area contributed by atoms with Crippen LogP contribution in [0.5, 0.6) is 0 Å². The van der Waals surface area contributed by atoms with Gasteiger partial charge in [-0.15, -0.1) is 0 Å². The van der Waals surface area contributed by atoms with Gasteiger partial charge in [-0.25, -0.2) is 4.98 Å². The summed E-state index contributed by atoms with van der Waals surface area (Å²) in [5.41, 5.74) is 0. The normalized spacial score (nSPS) is 14.8. The van der Waals surface area contributed by atoms with Gasteiger partial charge >= 0.3 is 0 Å². The van der Waals surface area contributed by atoms with Crippen LogP contribution in [0.2, 0.25) is 0 Å². The highest BCUT2D eigenvalue weighted by Gasteiger charge is 2.21. The van der Waals surface area contributed by atoms with E-state index < -0.39 is 0 Å². The average molecular weight is 287 g/mol. The van der Waals surface area contributed by atoms with E-state index >= 15 is 0 Å². The number of rotatable bonds is 6. The SMILES string of the molecule is CCNc1nc(N(C)CC2CCC2)nc(-n2ccnc2)n1. The summed E-state index contributed by atoms with van der Waals surface area (Å²) < 4.78 is 1.79. The Labute approximate surface area is 124 Å². The Morgan fingerprint density at radius 3 is 2.81 bits per heavy atom. The molecule has 0 bridgehead atoms. The average Bonchev–Trinajstić information content (AvgIpc) is 2.97. The molecular formula is C14H21N7. The molecule has 2 aromatic rings. The molecule has 1 aliphatic carbocycles. The Balaban J connectivity index is 1.87. The van der Waals surface area contributed by atoms with Crippen molar-refractivity contribution in [2.75, 3.05) is 30.4 Å². The van der Waals surface area contributed by atoms with Gasteiger partial charge < -0.3 is 10.2 Å². The smallest absolute Gasteiger partial charge is 0.241 e. The lowest BCUT2D eigenvalue weighted by Gasteiger charge is -2.30. The van der Waals surface area contributed by atoms with Gasteiger partial charge in [-0.1, -0.05) is 6.42 Å². The molecule has 1 fully saturated rings. The molecule has 0 unspecified atom stereocenters. The number of anilines is 2. The van der Waals surface area contributed by atoms with Crippen LogP contribution in [0.3, 0.4) is 0 Å². The van der Waals surface area contributed by atoms with Crippen LogP contribution in [0.4, 0.5) is 11.9 Å². The summed E-state index contributed by atoms with van der Waals surface area (Å²) in [6.07, 6.45) is 9.21. The maximum atomic E-state index is 4.56. The third kappa shape index (κ3) is 3.12. The van der Waals surface area contributed by atoms with E-state index in [0.29, 0.717) is 17.8 Å². The Kier molecular flexibility index (Phi) is 3.98. The van der Waals surface area contributed by atoms with E-state index in [1.807, 2.05) is 20.2 Å². The van der Waals surface area contributed by atoms with Crippen molar-refractivity contribution < 1.29 is 0 Å². The molecule has 0 atom stereocenters. The van der Waals surface area contributed by atoms with E-state index in [1.165, 1.54) is 19.3 Å². The summed E-state index contributed by atoms with van der Waals surface area (Å²) >= 11 is 0. The largest absolute Gasteiger partial charge is 0.354 e. The highest BCUT2D eigenvalue weighted by molar-refractivity contribution is 5.39. The van der Waals surface area contributed by atoms with Crippen LogP contribution in [0.1, 0.15) is 26.2 Å². The predicted octanol–water partition coefficient (Wildman–Crippen LogP) is 1.73. The Bertz CT molecular complexity index is 577. The van der Waals surface area contributed by atoms with Crippen LogP contribution in [-0.2, 0) is 0 Å². The van der Waals surface area contributed by atoms with Crippen molar-refractivity contribution in [1.82, 2.24) is 24.5 Å². The summed E-state index contributed by atoms with van der Waals surface area (Å²) in [6, 6.07) is 0. The lowest BCUT2D eigenvalue weighted by Crippen LogP contribution is -2.31. The van der Waals surface area contributed by atoms with E-state index in [-0.39, 0.29) is 0 Å². The van der Waals surface area contributed by atoms with Gasteiger partial charge in [0.15, 0.2) is 0 Å². The van der Waals surface area contributed by atoms with Crippen LogP contribution >= 0.6 is 0 Å². The molecule has 0 saturated heterocycles. The van der Waals surface area contributed by atoms with Crippen LogP contribution in [-0.4, -0.2) is 44.6 Å². The topological polar surface area (TPSA) is 71.8 Å². The van der Waals surface area contributed by atoms with E-state index in [1.54, 1.807) is 17.1 Å². The fraction of sp³-hybridized carbons (Fsp3) is 0.571. The summed E-state index contributed by atoms with van der Waals surface area (Å²) in [7, 11) is 2.04. The summed E-state index contributed by atoms with van der Waals surface area (Å²) in [4.78, 5) is 19.6. The summed E-state index contributed by atoms with van der Waals surface area (Å²) in [5, 5.41) is 3.16. The van der Waals surface area contributed by atoms with Crippen molar-refractivity contribution in [3.05, 3.63) is 18.7 Å². The standard InChI is InChI=1S/C14H21N7/c1-3-16-12-17-13(20(2)9-11-5-4-6-11)19-14(18-12)21-8-7-15-10-21/h7-8,10-11H,3-6,9H2,1-2H3,(H,16,17,18,19). The monoisotopic (exact) mass is 287 g/mol. The minimum atomic E-state index is 0.592. The van der Waals surface area contributed by atoms with Crippen LogP contribution in [0.25, 0.3) is 5.95 Å². The molecule has 2 heterocycles. The molecule has 0 aromatic carbocycles. The lowest BCUT2D eigenvalue weighted by molar-refractivity contribution is 0.320. The van der Waals surface area contributed by atoms with Gasteiger partial charge in [0.25, 0.3) is 0 Å². The quantitative estimate of drug-likeness (QED) is 0.872. The molecular weight excluding hydrogens is 266 g/mol. The van der Waals surface area contributed by atoms with Crippen molar-refractivity contribution in [2.24, 2.45) is 5.92 Å². The number of hydrogen-bond donors (Lipinski definition) is 1. The second-order valence-corrected chi connectivity index (χ2v) is 5.44. The zero-order chi connectivity index (χ0) is 14.7. The third-order valence-corrected chi connectivity index (χ3v) is 3.78. The lowest BCUT2D eigenvalue weighted by atomic mass is 9.85. The molecule has 7 heteroatoms. The minimum Gasteiger partial charge on any atom is -0.354 e. The van der Waals surface area contributed by atoms with E-state index in [9.17, 15) is 0 Å².